The van der Waals surface area contributed by atoms with Crippen molar-refractivity contribution in [1.82, 2.24) is 14.3 Å². The molecule has 1 fully saturated rings. The second-order valence-corrected chi connectivity index (χ2v) is 6.23. The number of thiazole rings is 1. The molecule has 21 heavy (non-hydrogen) atoms. The SMILES string of the molecule is O=C(O)CC1CCCCN1Cc1cc(=O)n2ccsc2n1. The summed E-state index contributed by atoms with van der Waals surface area (Å²) in [5.74, 6) is -0.770. The van der Waals surface area contributed by atoms with Gasteiger partial charge in [0.2, 0.25) is 0 Å². The summed E-state index contributed by atoms with van der Waals surface area (Å²) in [6, 6.07) is 1.59. The van der Waals surface area contributed by atoms with Crippen molar-refractivity contribution in [2.75, 3.05) is 6.54 Å². The molecule has 0 aliphatic carbocycles. The lowest BCUT2D eigenvalue weighted by atomic mass is 9.99. The average Bonchev–Trinajstić information content (AvgIpc) is 2.89. The monoisotopic (exact) mass is 307 g/mol. The largest absolute Gasteiger partial charge is 0.481 e. The van der Waals surface area contributed by atoms with E-state index in [2.05, 4.69) is 9.88 Å². The molecule has 2 aromatic heterocycles. The number of likely N-dealkylation sites (tertiary alicyclic amines) is 1. The Morgan fingerprint density at radius 1 is 1.48 bits per heavy atom. The summed E-state index contributed by atoms with van der Waals surface area (Å²) in [4.78, 5) is 30.3. The summed E-state index contributed by atoms with van der Waals surface area (Å²) in [5.41, 5.74) is 0.641. The first-order valence-corrected chi connectivity index (χ1v) is 7.93. The molecule has 1 aliphatic rings. The van der Waals surface area contributed by atoms with Crippen molar-refractivity contribution < 1.29 is 9.90 Å². The Bertz CT molecular complexity index is 709. The van der Waals surface area contributed by atoms with Crippen LogP contribution >= 0.6 is 11.3 Å². The summed E-state index contributed by atoms with van der Waals surface area (Å²) in [6.45, 7) is 1.41. The van der Waals surface area contributed by atoms with Crippen molar-refractivity contribution in [2.24, 2.45) is 0 Å². The van der Waals surface area contributed by atoms with Crippen molar-refractivity contribution in [3.05, 3.63) is 33.7 Å². The minimum Gasteiger partial charge on any atom is -0.481 e. The molecule has 1 aliphatic heterocycles. The van der Waals surface area contributed by atoms with Crippen LogP contribution < -0.4 is 5.56 Å². The van der Waals surface area contributed by atoms with Gasteiger partial charge < -0.3 is 5.11 Å². The van der Waals surface area contributed by atoms with E-state index >= 15 is 0 Å². The Kier molecular flexibility index (Phi) is 4.03. The van der Waals surface area contributed by atoms with Gasteiger partial charge in [0.25, 0.3) is 5.56 Å². The van der Waals surface area contributed by atoms with Crippen LogP contribution in [0.3, 0.4) is 0 Å². The molecule has 0 saturated carbocycles. The van der Waals surface area contributed by atoms with E-state index in [9.17, 15) is 9.59 Å². The van der Waals surface area contributed by atoms with Gasteiger partial charge in [0, 0.05) is 30.2 Å². The van der Waals surface area contributed by atoms with Crippen LogP contribution in [0.4, 0.5) is 0 Å². The van der Waals surface area contributed by atoms with Crippen molar-refractivity contribution in [2.45, 2.75) is 38.3 Å². The van der Waals surface area contributed by atoms with Gasteiger partial charge in [-0.1, -0.05) is 6.42 Å². The lowest BCUT2D eigenvalue weighted by Crippen LogP contribution is -2.40. The fourth-order valence-corrected chi connectivity index (χ4v) is 3.62. The van der Waals surface area contributed by atoms with Gasteiger partial charge in [0.05, 0.1) is 12.1 Å². The second kappa shape index (κ2) is 5.95. The zero-order valence-corrected chi connectivity index (χ0v) is 12.4. The van der Waals surface area contributed by atoms with Crippen LogP contribution in [0, 0.1) is 0 Å². The molecular weight excluding hydrogens is 290 g/mol. The Morgan fingerprint density at radius 3 is 3.14 bits per heavy atom. The molecule has 3 rings (SSSR count). The van der Waals surface area contributed by atoms with E-state index in [1.807, 2.05) is 5.38 Å². The lowest BCUT2D eigenvalue weighted by Gasteiger charge is -2.34. The molecule has 112 valence electrons. The van der Waals surface area contributed by atoms with E-state index < -0.39 is 5.97 Å². The maximum Gasteiger partial charge on any atom is 0.304 e. The van der Waals surface area contributed by atoms with Gasteiger partial charge in [-0.2, -0.15) is 0 Å². The molecule has 0 radical (unpaired) electrons. The van der Waals surface area contributed by atoms with E-state index in [0.29, 0.717) is 11.5 Å². The summed E-state index contributed by atoms with van der Waals surface area (Å²) in [5, 5.41) is 10.8. The number of rotatable bonds is 4. The van der Waals surface area contributed by atoms with Crippen molar-refractivity contribution >= 4 is 22.3 Å². The quantitative estimate of drug-likeness (QED) is 0.928. The molecule has 7 heteroatoms. The van der Waals surface area contributed by atoms with E-state index in [0.717, 1.165) is 31.5 Å². The Morgan fingerprint density at radius 2 is 2.33 bits per heavy atom. The van der Waals surface area contributed by atoms with E-state index in [1.165, 1.54) is 15.7 Å². The number of aliphatic carboxylic acids is 1. The number of piperidine rings is 1. The predicted octanol–water partition coefficient (Wildman–Crippen LogP) is 1.59. The zero-order valence-electron chi connectivity index (χ0n) is 11.6. The Balaban J connectivity index is 1.82. The number of hydrogen-bond donors (Lipinski definition) is 1. The first kappa shape index (κ1) is 14.2. The van der Waals surface area contributed by atoms with Crippen LogP contribution in [0.2, 0.25) is 0 Å². The lowest BCUT2D eigenvalue weighted by molar-refractivity contribution is -0.138. The molecule has 1 N–H and O–H groups in total. The molecule has 3 heterocycles. The van der Waals surface area contributed by atoms with Crippen LogP contribution in [0.5, 0.6) is 0 Å². The number of hydrogen-bond acceptors (Lipinski definition) is 5. The summed E-state index contributed by atoms with van der Waals surface area (Å²) < 4.78 is 1.53. The Labute approximate surface area is 125 Å². The normalized spacial score (nSPS) is 19.9. The van der Waals surface area contributed by atoms with Gasteiger partial charge in [0.15, 0.2) is 4.96 Å². The van der Waals surface area contributed by atoms with E-state index in [-0.39, 0.29) is 18.0 Å². The van der Waals surface area contributed by atoms with Crippen molar-refractivity contribution in [1.29, 1.82) is 0 Å². The van der Waals surface area contributed by atoms with Crippen molar-refractivity contribution in [3.8, 4) is 0 Å². The first-order valence-electron chi connectivity index (χ1n) is 7.05. The van der Waals surface area contributed by atoms with Crippen LogP contribution in [0.1, 0.15) is 31.4 Å². The van der Waals surface area contributed by atoms with Gasteiger partial charge in [-0.25, -0.2) is 4.98 Å². The molecule has 2 aromatic rings. The zero-order chi connectivity index (χ0) is 14.8. The predicted molar refractivity (Wildman–Crippen MR) is 79.6 cm³/mol. The van der Waals surface area contributed by atoms with Gasteiger partial charge >= 0.3 is 5.97 Å². The maximum atomic E-state index is 12.0. The summed E-state index contributed by atoms with van der Waals surface area (Å²) >= 11 is 1.43. The molecule has 1 saturated heterocycles. The number of aromatic nitrogens is 2. The van der Waals surface area contributed by atoms with Crippen LogP contribution in [0.25, 0.3) is 4.96 Å². The summed E-state index contributed by atoms with van der Waals surface area (Å²) in [6.07, 6.45) is 4.89. The maximum absolute atomic E-state index is 12.0. The van der Waals surface area contributed by atoms with Gasteiger partial charge in [0.1, 0.15) is 0 Å². The third-order valence-corrected chi connectivity index (χ3v) is 4.64. The average molecular weight is 307 g/mol. The number of carboxylic acids is 1. The highest BCUT2D eigenvalue weighted by molar-refractivity contribution is 7.15. The number of nitrogens with zero attached hydrogens (tertiary/aromatic N) is 3. The molecule has 0 bridgehead atoms. The smallest absolute Gasteiger partial charge is 0.304 e. The topological polar surface area (TPSA) is 74.9 Å². The van der Waals surface area contributed by atoms with Gasteiger partial charge in [-0.05, 0) is 19.4 Å². The minimum absolute atomic E-state index is 0.0415. The molecule has 1 atom stereocenters. The van der Waals surface area contributed by atoms with E-state index in [4.69, 9.17) is 5.11 Å². The molecule has 1 unspecified atom stereocenters. The number of carboxylic acid groups (broad SMARTS) is 1. The van der Waals surface area contributed by atoms with E-state index in [1.54, 1.807) is 12.3 Å². The number of carbonyl (C=O) groups is 1. The third-order valence-electron chi connectivity index (χ3n) is 3.88. The first-order chi connectivity index (χ1) is 10.1. The van der Waals surface area contributed by atoms with Crippen molar-refractivity contribution in [3.63, 3.8) is 0 Å². The number of fused-ring (bicyclic) bond motifs is 1. The molecular formula is C14H17N3O3S. The highest BCUT2D eigenvalue weighted by atomic mass is 32.1. The highest BCUT2D eigenvalue weighted by Crippen LogP contribution is 2.21. The van der Waals surface area contributed by atoms with Crippen LogP contribution in [-0.2, 0) is 11.3 Å². The van der Waals surface area contributed by atoms with Crippen LogP contribution in [0.15, 0.2) is 22.4 Å². The highest BCUT2D eigenvalue weighted by Gasteiger charge is 2.25. The Hall–Kier alpha value is -1.73. The van der Waals surface area contributed by atoms with Crippen LogP contribution in [-0.4, -0.2) is 37.9 Å². The minimum atomic E-state index is -0.770. The van der Waals surface area contributed by atoms with Gasteiger partial charge in [-0.3, -0.25) is 18.9 Å². The standard InChI is InChI=1S/C14H17N3O3S/c18-12-7-10(15-14-17(12)5-6-21-14)9-16-4-2-1-3-11(16)8-13(19)20/h5-7,11H,1-4,8-9H2,(H,19,20). The fourth-order valence-electron chi connectivity index (χ4n) is 2.88. The summed E-state index contributed by atoms with van der Waals surface area (Å²) in [7, 11) is 0. The molecule has 0 spiro atoms. The molecule has 0 amide bonds. The molecule has 6 nitrogen and oxygen atoms in total. The second-order valence-electron chi connectivity index (χ2n) is 5.36. The molecule has 0 aromatic carbocycles. The fraction of sp³-hybridized carbons (Fsp3) is 0.500. The third kappa shape index (κ3) is 3.14. The van der Waals surface area contributed by atoms with Gasteiger partial charge in [-0.15, -0.1) is 11.3 Å².